The molecule has 1 atom stereocenters. The smallest absolute Gasteiger partial charge is 0.343 e. The number of nitrogens with zero attached hydrogens (tertiary/aromatic N) is 1. The van der Waals surface area contributed by atoms with Crippen LogP contribution in [0, 0.1) is 13.9 Å². The molecule has 0 saturated heterocycles. The zero-order chi connectivity index (χ0) is 27.8. The standard InChI is InChI=1S/C28H23NO7S3/c1-2-21(36-29(32)33)16-26(30)34-23-8-5-6-18(15-23)14-20-7-3-4-9-24(20)28(31)35-22-12-10-19(11-13-22)25-17-27(37)39-38-25/h3-13,15,17,21H,2,14,16H2,1H3. The van der Waals surface area contributed by atoms with Crippen molar-refractivity contribution < 1.29 is 29.0 Å². The largest absolute Gasteiger partial charge is 0.426 e. The Morgan fingerprint density at radius 3 is 2.41 bits per heavy atom. The first-order chi connectivity index (χ1) is 18.8. The lowest BCUT2D eigenvalue weighted by atomic mass is 9.99. The molecule has 0 aliphatic rings. The number of carbonyl (C=O) groups is 2. The highest BCUT2D eigenvalue weighted by molar-refractivity contribution is 7.80. The van der Waals surface area contributed by atoms with Gasteiger partial charge in [0.2, 0.25) is 0 Å². The number of rotatable bonds is 11. The van der Waals surface area contributed by atoms with Gasteiger partial charge in [-0.25, -0.2) is 4.79 Å². The highest BCUT2D eigenvalue weighted by Crippen LogP contribution is 2.30. The minimum Gasteiger partial charge on any atom is -0.426 e. The van der Waals surface area contributed by atoms with E-state index in [1.54, 1.807) is 70.1 Å². The van der Waals surface area contributed by atoms with Crippen LogP contribution in [0.2, 0.25) is 0 Å². The molecule has 8 nitrogen and oxygen atoms in total. The molecule has 0 fully saturated rings. The third kappa shape index (κ3) is 8.03. The quantitative estimate of drug-likeness (QED) is 0.0454. The van der Waals surface area contributed by atoms with Crippen LogP contribution >= 0.6 is 32.9 Å². The van der Waals surface area contributed by atoms with Crippen LogP contribution in [0.3, 0.4) is 0 Å². The normalized spacial score (nSPS) is 11.4. The second-order valence-corrected chi connectivity index (χ2v) is 11.3. The summed E-state index contributed by atoms with van der Waals surface area (Å²) < 4.78 is 11.8. The predicted octanol–water partition coefficient (Wildman–Crippen LogP) is 7.30. The molecule has 0 N–H and O–H groups in total. The van der Waals surface area contributed by atoms with Crippen LogP contribution in [-0.2, 0) is 16.1 Å². The Morgan fingerprint density at radius 2 is 1.72 bits per heavy atom. The van der Waals surface area contributed by atoms with Crippen LogP contribution in [-0.4, -0.2) is 23.1 Å². The number of ether oxygens (including phenoxy) is 2. The Bertz CT molecular complexity index is 1530. The number of benzene rings is 3. The Morgan fingerprint density at radius 1 is 0.949 bits per heavy atom. The van der Waals surface area contributed by atoms with E-state index in [9.17, 15) is 19.7 Å². The van der Waals surface area contributed by atoms with Gasteiger partial charge in [-0.15, -0.1) is 10.1 Å². The fraction of sp³-hybridized carbons (Fsp3) is 0.179. The molecule has 3 aromatic carbocycles. The summed E-state index contributed by atoms with van der Waals surface area (Å²) in [5, 5.41) is 9.65. The fourth-order valence-corrected chi connectivity index (χ4v) is 6.17. The third-order valence-electron chi connectivity index (χ3n) is 5.66. The summed E-state index contributed by atoms with van der Waals surface area (Å²) >= 11 is 5.20. The number of hydrogen-bond acceptors (Lipinski definition) is 10. The molecule has 0 spiro atoms. The summed E-state index contributed by atoms with van der Waals surface area (Å²) in [6, 6.07) is 23.3. The molecule has 4 aromatic rings. The van der Waals surface area contributed by atoms with Gasteiger partial charge in [-0.05, 0) is 78.1 Å². The molecule has 1 unspecified atom stereocenters. The first-order valence-corrected chi connectivity index (χ1v) is 14.5. The minimum absolute atomic E-state index is 0.250. The summed E-state index contributed by atoms with van der Waals surface area (Å²) in [5.41, 5.74) is 2.97. The molecular formula is C28H23NO7S3. The summed E-state index contributed by atoms with van der Waals surface area (Å²) in [6.07, 6.45) is -0.445. The Hall–Kier alpha value is -3.93. The summed E-state index contributed by atoms with van der Waals surface area (Å²) in [6.45, 7) is 1.68. The first-order valence-electron chi connectivity index (χ1n) is 11.9. The van der Waals surface area contributed by atoms with E-state index in [0.717, 1.165) is 25.4 Å². The van der Waals surface area contributed by atoms with Gasteiger partial charge in [0.15, 0.2) is 0 Å². The Balaban J connectivity index is 1.42. The van der Waals surface area contributed by atoms with Crippen molar-refractivity contribution in [3.8, 4) is 21.9 Å². The molecule has 200 valence electrons. The minimum atomic E-state index is -0.914. The van der Waals surface area contributed by atoms with E-state index in [0.29, 0.717) is 23.5 Å². The van der Waals surface area contributed by atoms with Crippen LogP contribution < -0.4 is 9.47 Å². The summed E-state index contributed by atoms with van der Waals surface area (Å²) in [7, 11) is 3.14. The van der Waals surface area contributed by atoms with Crippen LogP contribution in [0.1, 0.15) is 41.3 Å². The van der Waals surface area contributed by atoms with Gasteiger partial charge >= 0.3 is 11.9 Å². The lowest BCUT2D eigenvalue weighted by molar-refractivity contribution is -0.768. The van der Waals surface area contributed by atoms with Gasteiger partial charge in [0, 0.05) is 4.88 Å². The molecule has 0 radical (unpaired) electrons. The van der Waals surface area contributed by atoms with E-state index in [2.05, 4.69) is 4.84 Å². The highest BCUT2D eigenvalue weighted by Gasteiger charge is 2.18. The van der Waals surface area contributed by atoms with E-state index >= 15 is 0 Å². The van der Waals surface area contributed by atoms with Gasteiger partial charge in [-0.2, -0.15) is 0 Å². The molecule has 0 aliphatic heterocycles. The van der Waals surface area contributed by atoms with Gasteiger partial charge in [0.05, 0.1) is 12.0 Å². The molecule has 11 heteroatoms. The van der Waals surface area contributed by atoms with E-state index in [-0.39, 0.29) is 12.8 Å². The van der Waals surface area contributed by atoms with E-state index < -0.39 is 23.1 Å². The van der Waals surface area contributed by atoms with Crippen molar-refractivity contribution in [3.63, 3.8) is 0 Å². The van der Waals surface area contributed by atoms with Crippen molar-refractivity contribution in [2.75, 3.05) is 0 Å². The van der Waals surface area contributed by atoms with Gasteiger partial charge in [0.25, 0.3) is 5.09 Å². The predicted molar refractivity (Wildman–Crippen MR) is 152 cm³/mol. The number of carbonyl (C=O) groups excluding carboxylic acids is 2. The van der Waals surface area contributed by atoms with Gasteiger partial charge < -0.3 is 14.3 Å². The maximum atomic E-state index is 13.0. The second-order valence-electron chi connectivity index (χ2n) is 8.43. The van der Waals surface area contributed by atoms with Crippen LogP contribution in [0.25, 0.3) is 10.4 Å². The molecule has 0 aliphatic carbocycles. The van der Waals surface area contributed by atoms with E-state index in [1.165, 1.54) is 0 Å². The van der Waals surface area contributed by atoms with Gasteiger partial charge in [0.1, 0.15) is 21.4 Å². The monoisotopic (exact) mass is 581 g/mol. The van der Waals surface area contributed by atoms with Crippen molar-refractivity contribution in [2.24, 2.45) is 0 Å². The van der Waals surface area contributed by atoms with E-state index in [4.69, 9.17) is 21.7 Å². The summed E-state index contributed by atoms with van der Waals surface area (Å²) in [5.74, 6) is -0.398. The molecule has 0 bridgehead atoms. The lowest BCUT2D eigenvalue weighted by Gasteiger charge is -2.13. The van der Waals surface area contributed by atoms with Crippen molar-refractivity contribution in [1.82, 2.24) is 0 Å². The van der Waals surface area contributed by atoms with E-state index in [1.807, 2.05) is 36.4 Å². The van der Waals surface area contributed by atoms with Crippen molar-refractivity contribution in [3.05, 3.63) is 109 Å². The molecule has 39 heavy (non-hydrogen) atoms. The Labute approximate surface area is 236 Å². The average molecular weight is 582 g/mol. The molecular weight excluding hydrogens is 559 g/mol. The zero-order valence-corrected chi connectivity index (χ0v) is 23.2. The topological polar surface area (TPSA) is 105 Å². The van der Waals surface area contributed by atoms with Crippen molar-refractivity contribution in [2.45, 2.75) is 32.3 Å². The molecule has 4 rings (SSSR count). The third-order valence-corrected chi connectivity index (χ3v) is 8.57. The average Bonchev–Trinajstić information content (AvgIpc) is 3.35. The molecule has 1 heterocycles. The molecule has 1 aromatic heterocycles. The lowest BCUT2D eigenvalue weighted by Crippen LogP contribution is -2.22. The second kappa shape index (κ2) is 13.2. The van der Waals surface area contributed by atoms with Crippen LogP contribution in [0.15, 0.2) is 78.9 Å². The maximum absolute atomic E-state index is 13.0. The summed E-state index contributed by atoms with van der Waals surface area (Å²) in [4.78, 5) is 41.4. The first kappa shape index (κ1) is 28.1. The van der Waals surface area contributed by atoms with Crippen molar-refractivity contribution >= 4 is 44.8 Å². The Kier molecular flexibility index (Phi) is 9.53. The van der Waals surface area contributed by atoms with Crippen LogP contribution in [0.4, 0.5) is 0 Å². The molecule has 0 amide bonds. The molecule has 0 saturated carbocycles. The van der Waals surface area contributed by atoms with Gasteiger partial charge in [-0.1, -0.05) is 70.2 Å². The zero-order valence-electron chi connectivity index (χ0n) is 20.7. The maximum Gasteiger partial charge on any atom is 0.343 e. The van der Waals surface area contributed by atoms with Gasteiger partial charge in [-0.3, -0.25) is 4.79 Å². The number of hydrogen-bond donors (Lipinski definition) is 0. The van der Waals surface area contributed by atoms with Crippen LogP contribution in [0.5, 0.6) is 11.5 Å². The highest BCUT2D eigenvalue weighted by atomic mass is 32.9. The SMILES string of the molecule is CCC(CC(=O)Oc1cccc(Cc2ccccc2C(=O)Oc2ccc(-c3cc(=S)ss3)cc2)c1)O[N+](=O)[O-]. The van der Waals surface area contributed by atoms with Crippen molar-refractivity contribution in [1.29, 1.82) is 0 Å². The fourth-order valence-electron chi connectivity index (χ4n) is 3.77. The number of esters is 2.